The molecule has 1 heterocycles. The zero-order chi connectivity index (χ0) is 14.4. The van der Waals surface area contributed by atoms with Crippen molar-refractivity contribution < 1.29 is 13.9 Å². The second-order valence-electron chi connectivity index (χ2n) is 3.91. The number of hydrogen-bond acceptors (Lipinski definition) is 4. The summed E-state index contributed by atoms with van der Waals surface area (Å²) in [5.41, 5.74) is 1.31. The number of halogens is 1. The van der Waals surface area contributed by atoms with E-state index in [-0.39, 0.29) is 5.82 Å². The number of benzene rings is 1. The minimum absolute atomic E-state index is 0.297. The minimum atomic E-state index is -0.550. The summed E-state index contributed by atoms with van der Waals surface area (Å²) in [5, 5.41) is 5.49. The molecule has 5 nitrogen and oxygen atoms in total. The lowest BCUT2D eigenvalue weighted by Gasteiger charge is -2.08. The monoisotopic (exact) mass is 275 g/mol. The van der Waals surface area contributed by atoms with Crippen molar-refractivity contribution in [2.24, 2.45) is 0 Å². The van der Waals surface area contributed by atoms with Gasteiger partial charge >= 0.3 is 6.09 Å². The van der Waals surface area contributed by atoms with Crippen molar-refractivity contribution in [2.75, 3.05) is 17.2 Å². The van der Waals surface area contributed by atoms with Crippen LogP contribution in [0.25, 0.3) is 0 Å². The lowest BCUT2D eigenvalue weighted by molar-refractivity contribution is 0.168. The van der Waals surface area contributed by atoms with E-state index in [1.807, 2.05) is 0 Å². The first-order chi connectivity index (χ1) is 9.67. The zero-order valence-electron chi connectivity index (χ0n) is 10.9. The molecule has 1 aromatic carbocycles. The number of ether oxygens (including phenoxy) is 1. The van der Waals surface area contributed by atoms with Crippen LogP contribution in [0.15, 0.2) is 42.6 Å². The Morgan fingerprint density at radius 2 is 2.15 bits per heavy atom. The van der Waals surface area contributed by atoms with E-state index in [1.54, 1.807) is 31.2 Å². The van der Waals surface area contributed by atoms with E-state index in [9.17, 15) is 9.18 Å². The molecule has 0 aliphatic heterocycles. The molecule has 0 atom stereocenters. The number of hydrogen-bond donors (Lipinski definition) is 2. The second-order valence-corrected chi connectivity index (χ2v) is 3.91. The van der Waals surface area contributed by atoms with Gasteiger partial charge in [-0.2, -0.15) is 0 Å². The number of amides is 1. The Morgan fingerprint density at radius 3 is 2.80 bits per heavy atom. The summed E-state index contributed by atoms with van der Waals surface area (Å²) < 4.78 is 17.8. The van der Waals surface area contributed by atoms with Gasteiger partial charge in [-0.3, -0.25) is 5.32 Å². The third-order valence-electron chi connectivity index (χ3n) is 2.38. The normalized spacial score (nSPS) is 9.90. The number of nitrogens with zero attached hydrogens (tertiary/aromatic N) is 1. The topological polar surface area (TPSA) is 63.2 Å². The largest absolute Gasteiger partial charge is 0.450 e. The van der Waals surface area contributed by atoms with Gasteiger partial charge in [0.05, 0.1) is 18.5 Å². The van der Waals surface area contributed by atoms with Crippen molar-refractivity contribution in [3.8, 4) is 0 Å². The number of pyridine rings is 1. The summed E-state index contributed by atoms with van der Waals surface area (Å²) in [6.45, 7) is 2.02. The van der Waals surface area contributed by atoms with Crippen molar-refractivity contribution in [2.45, 2.75) is 6.92 Å². The van der Waals surface area contributed by atoms with Crippen molar-refractivity contribution in [3.05, 3.63) is 48.4 Å². The fraction of sp³-hybridized carbons (Fsp3) is 0.143. The average molecular weight is 275 g/mol. The highest BCUT2D eigenvalue weighted by Gasteiger charge is 2.03. The number of anilines is 3. The molecule has 20 heavy (non-hydrogen) atoms. The maximum Gasteiger partial charge on any atom is 0.412 e. The van der Waals surface area contributed by atoms with Crippen LogP contribution in [0.4, 0.5) is 26.4 Å². The third kappa shape index (κ3) is 3.94. The number of carbonyl (C=O) groups excluding carboxylic acids is 1. The Hall–Kier alpha value is -2.63. The molecule has 0 unspecified atom stereocenters. The molecular weight excluding hydrogens is 261 g/mol. The summed E-state index contributed by atoms with van der Waals surface area (Å²) in [5.74, 6) is 0.0665. The maximum atomic E-state index is 13.0. The molecule has 104 valence electrons. The molecule has 0 saturated heterocycles. The van der Waals surface area contributed by atoms with Gasteiger partial charge in [0.15, 0.2) is 0 Å². The number of aromatic nitrogens is 1. The van der Waals surface area contributed by atoms with Crippen molar-refractivity contribution in [1.82, 2.24) is 4.98 Å². The Balaban J connectivity index is 1.99. The summed E-state index contributed by atoms with van der Waals surface area (Å²) in [7, 11) is 0. The van der Waals surface area contributed by atoms with Gasteiger partial charge in [-0.25, -0.2) is 14.2 Å². The van der Waals surface area contributed by atoms with E-state index in [2.05, 4.69) is 15.6 Å². The molecule has 0 fully saturated rings. The summed E-state index contributed by atoms with van der Waals surface area (Å²) in [6, 6.07) is 9.45. The van der Waals surface area contributed by atoms with Gasteiger partial charge in [-0.15, -0.1) is 0 Å². The molecule has 0 spiro atoms. The van der Waals surface area contributed by atoms with E-state index < -0.39 is 6.09 Å². The van der Waals surface area contributed by atoms with Gasteiger partial charge in [-0.1, -0.05) is 6.07 Å². The van der Waals surface area contributed by atoms with Crippen LogP contribution < -0.4 is 10.6 Å². The second kappa shape index (κ2) is 6.51. The van der Waals surface area contributed by atoms with Crippen LogP contribution in [0.3, 0.4) is 0 Å². The standard InChI is InChI=1S/C14H14FN3O2/c1-2-20-14(19)18-13-7-6-12(9-16-13)17-11-5-3-4-10(15)8-11/h3-9,17H,2H2,1H3,(H,16,18,19). The van der Waals surface area contributed by atoms with Crippen LogP contribution in [0.1, 0.15) is 6.92 Å². The summed E-state index contributed by atoms with van der Waals surface area (Å²) in [4.78, 5) is 15.2. The van der Waals surface area contributed by atoms with E-state index >= 15 is 0 Å². The van der Waals surface area contributed by atoms with Crippen LogP contribution in [0, 0.1) is 5.82 Å². The van der Waals surface area contributed by atoms with Gasteiger partial charge < -0.3 is 10.1 Å². The molecule has 0 aliphatic carbocycles. The van der Waals surface area contributed by atoms with Crippen molar-refractivity contribution in [3.63, 3.8) is 0 Å². The van der Waals surface area contributed by atoms with Crippen molar-refractivity contribution in [1.29, 1.82) is 0 Å². The van der Waals surface area contributed by atoms with E-state index in [0.29, 0.717) is 23.8 Å². The lowest BCUT2D eigenvalue weighted by atomic mass is 10.3. The molecule has 6 heteroatoms. The first-order valence-corrected chi connectivity index (χ1v) is 6.10. The molecule has 2 rings (SSSR count). The predicted octanol–water partition coefficient (Wildman–Crippen LogP) is 3.53. The van der Waals surface area contributed by atoms with Gasteiger partial charge in [0.2, 0.25) is 0 Å². The van der Waals surface area contributed by atoms with E-state index in [1.165, 1.54) is 18.3 Å². The molecular formula is C14H14FN3O2. The first kappa shape index (κ1) is 13.8. The Kier molecular flexibility index (Phi) is 4.49. The fourth-order valence-electron chi connectivity index (χ4n) is 1.55. The van der Waals surface area contributed by atoms with Gasteiger partial charge in [-0.05, 0) is 37.3 Å². The lowest BCUT2D eigenvalue weighted by Crippen LogP contribution is -2.14. The third-order valence-corrected chi connectivity index (χ3v) is 2.38. The Bertz CT molecular complexity index is 587. The number of rotatable bonds is 4. The number of nitrogens with one attached hydrogen (secondary N) is 2. The molecule has 1 aromatic heterocycles. The van der Waals surface area contributed by atoms with Crippen molar-refractivity contribution >= 4 is 23.3 Å². The Morgan fingerprint density at radius 1 is 1.30 bits per heavy atom. The molecule has 1 amide bonds. The summed E-state index contributed by atoms with van der Waals surface area (Å²) >= 11 is 0. The highest BCUT2D eigenvalue weighted by Crippen LogP contribution is 2.17. The zero-order valence-corrected chi connectivity index (χ0v) is 10.9. The molecule has 0 aliphatic rings. The minimum Gasteiger partial charge on any atom is -0.450 e. The smallest absolute Gasteiger partial charge is 0.412 e. The van der Waals surface area contributed by atoms with Crippen LogP contribution >= 0.6 is 0 Å². The van der Waals surface area contributed by atoms with Crippen LogP contribution in [0.5, 0.6) is 0 Å². The number of carbonyl (C=O) groups is 1. The highest BCUT2D eigenvalue weighted by atomic mass is 19.1. The van der Waals surface area contributed by atoms with Gasteiger partial charge in [0.1, 0.15) is 11.6 Å². The molecule has 0 bridgehead atoms. The highest BCUT2D eigenvalue weighted by molar-refractivity contribution is 5.83. The molecule has 2 N–H and O–H groups in total. The quantitative estimate of drug-likeness (QED) is 0.896. The SMILES string of the molecule is CCOC(=O)Nc1ccc(Nc2cccc(F)c2)cn1. The summed E-state index contributed by atoms with van der Waals surface area (Å²) in [6.07, 6.45) is 0.984. The first-order valence-electron chi connectivity index (χ1n) is 6.10. The Labute approximate surface area is 115 Å². The van der Waals surface area contributed by atoms with Crippen LogP contribution in [-0.4, -0.2) is 17.7 Å². The van der Waals surface area contributed by atoms with Gasteiger partial charge in [0.25, 0.3) is 0 Å². The van der Waals surface area contributed by atoms with Crippen LogP contribution in [-0.2, 0) is 4.74 Å². The molecule has 2 aromatic rings. The predicted molar refractivity (Wildman–Crippen MR) is 74.6 cm³/mol. The average Bonchev–Trinajstić information content (AvgIpc) is 2.41. The van der Waals surface area contributed by atoms with E-state index in [0.717, 1.165) is 0 Å². The molecule has 0 saturated carbocycles. The van der Waals surface area contributed by atoms with E-state index in [4.69, 9.17) is 4.74 Å². The van der Waals surface area contributed by atoms with Crippen LogP contribution in [0.2, 0.25) is 0 Å². The molecule has 0 radical (unpaired) electrons. The maximum absolute atomic E-state index is 13.0. The fourth-order valence-corrected chi connectivity index (χ4v) is 1.55. The van der Waals surface area contributed by atoms with Gasteiger partial charge in [0, 0.05) is 5.69 Å².